The standard InChI is InChI=1S/C26H28Cl2N2O/c1-16-2-7-23(22(28)10-16)30-9-8-29(15-24(30)17-3-5-20(27)6-4-17)25(31)12-18-11-19-13-26(19)14-21(18)26/h2-7,10,18-19,21,24H,8-9,11-15H2,1H3/t18?,19-,21-,24+,26?/m1/s1. The van der Waals surface area contributed by atoms with Gasteiger partial charge < -0.3 is 9.80 Å². The number of carbonyl (C=O) groups excluding carboxylic acids is 1. The Kier molecular flexibility index (Phi) is 4.60. The topological polar surface area (TPSA) is 23.6 Å². The molecule has 3 saturated carbocycles. The van der Waals surface area contributed by atoms with Crippen LogP contribution in [0.25, 0.3) is 0 Å². The average Bonchev–Trinajstić information content (AvgIpc) is 3.64. The van der Waals surface area contributed by atoms with Crippen LogP contribution in [0.2, 0.25) is 10.0 Å². The number of nitrogens with zero attached hydrogens (tertiary/aromatic N) is 2. The molecule has 5 heteroatoms. The van der Waals surface area contributed by atoms with E-state index in [1.54, 1.807) is 0 Å². The molecule has 0 bridgehead atoms. The van der Waals surface area contributed by atoms with Crippen molar-refractivity contribution in [3.63, 3.8) is 0 Å². The molecule has 1 heterocycles. The summed E-state index contributed by atoms with van der Waals surface area (Å²) in [5.74, 6) is 2.76. The molecule has 0 N–H and O–H groups in total. The summed E-state index contributed by atoms with van der Waals surface area (Å²) in [7, 11) is 0. The molecule has 4 fully saturated rings. The van der Waals surface area contributed by atoms with E-state index in [1.807, 2.05) is 18.2 Å². The van der Waals surface area contributed by atoms with Gasteiger partial charge in [0.1, 0.15) is 0 Å². The Labute approximate surface area is 194 Å². The predicted molar refractivity (Wildman–Crippen MR) is 126 cm³/mol. The molecule has 0 aromatic heterocycles. The number of hydrogen-bond donors (Lipinski definition) is 0. The van der Waals surface area contributed by atoms with Crippen molar-refractivity contribution in [2.24, 2.45) is 23.2 Å². The van der Waals surface area contributed by atoms with Gasteiger partial charge in [0.2, 0.25) is 5.91 Å². The molecule has 162 valence electrons. The molecule has 1 spiro atoms. The molecule has 1 aliphatic heterocycles. The first kappa shape index (κ1) is 19.9. The van der Waals surface area contributed by atoms with Crippen molar-refractivity contribution in [3.8, 4) is 0 Å². The summed E-state index contributed by atoms with van der Waals surface area (Å²) in [6.07, 6.45) is 4.86. The number of aryl methyl sites for hydroxylation is 1. The van der Waals surface area contributed by atoms with E-state index in [-0.39, 0.29) is 6.04 Å². The first-order valence-corrected chi connectivity index (χ1v) is 12.3. The fraction of sp³-hybridized carbons (Fsp3) is 0.500. The van der Waals surface area contributed by atoms with Gasteiger partial charge in [-0.1, -0.05) is 41.4 Å². The van der Waals surface area contributed by atoms with E-state index in [9.17, 15) is 4.79 Å². The summed E-state index contributed by atoms with van der Waals surface area (Å²) in [6.45, 7) is 4.28. The predicted octanol–water partition coefficient (Wildman–Crippen LogP) is 6.13. The van der Waals surface area contributed by atoms with Gasteiger partial charge in [0, 0.05) is 31.1 Å². The van der Waals surface area contributed by atoms with Crippen molar-refractivity contribution in [2.75, 3.05) is 24.5 Å². The van der Waals surface area contributed by atoms with Crippen molar-refractivity contribution < 1.29 is 4.79 Å². The summed E-state index contributed by atoms with van der Waals surface area (Å²) in [4.78, 5) is 17.7. The Hall–Kier alpha value is -1.71. The Bertz CT molecular complexity index is 1040. The molecule has 1 saturated heterocycles. The fourth-order valence-electron chi connectivity index (χ4n) is 6.63. The van der Waals surface area contributed by atoms with Crippen molar-refractivity contribution in [1.29, 1.82) is 0 Å². The van der Waals surface area contributed by atoms with Gasteiger partial charge in [-0.15, -0.1) is 0 Å². The number of benzene rings is 2. The van der Waals surface area contributed by atoms with Gasteiger partial charge in [0.15, 0.2) is 0 Å². The minimum absolute atomic E-state index is 0.0689. The second-order valence-corrected chi connectivity index (χ2v) is 11.0. The van der Waals surface area contributed by atoms with E-state index in [1.165, 1.54) is 24.8 Å². The SMILES string of the molecule is Cc1ccc(N2CCN(C(=O)CC3C[C@@H]4CC45C[C@H]35)C[C@H]2c2ccc(Cl)cc2)c(Cl)c1. The number of piperazine rings is 1. The highest BCUT2D eigenvalue weighted by molar-refractivity contribution is 6.33. The maximum absolute atomic E-state index is 13.3. The third-order valence-electron chi connectivity index (χ3n) is 8.45. The Balaban J connectivity index is 1.23. The van der Waals surface area contributed by atoms with Gasteiger partial charge in [-0.25, -0.2) is 0 Å². The van der Waals surface area contributed by atoms with Gasteiger partial charge in [-0.05, 0) is 84.7 Å². The zero-order valence-electron chi connectivity index (χ0n) is 17.9. The summed E-state index contributed by atoms with van der Waals surface area (Å²) in [5.41, 5.74) is 4.06. The van der Waals surface area contributed by atoms with E-state index in [0.29, 0.717) is 23.8 Å². The molecule has 0 radical (unpaired) electrons. The lowest BCUT2D eigenvalue weighted by atomic mass is 9.95. The number of halogens is 2. The second kappa shape index (κ2) is 7.15. The zero-order chi connectivity index (χ0) is 21.3. The largest absolute Gasteiger partial charge is 0.360 e. The van der Waals surface area contributed by atoms with Gasteiger partial charge in [0.25, 0.3) is 0 Å². The molecule has 6 rings (SSSR count). The van der Waals surface area contributed by atoms with Crippen LogP contribution in [0.5, 0.6) is 0 Å². The van der Waals surface area contributed by atoms with E-state index in [4.69, 9.17) is 23.2 Å². The van der Waals surface area contributed by atoms with Crippen LogP contribution in [-0.4, -0.2) is 30.4 Å². The van der Waals surface area contributed by atoms with Crippen LogP contribution in [-0.2, 0) is 4.79 Å². The molecule has 3 aliphatic carbocycles. The van der Waals surface area contributed by atoms with Gasteiger partial charge in [-0.3, -0.25) is 4.79 Å². The van der Waals surface area contributed by atoms with Crippen molar-refractivity contribution >= 4 is 34.8 Å². The molecule has 2 aromatic carbocycles. The third-order valence-corrected chi connectivity index (χ3v) is 9.01. The molecular weight excluding hydrogens is 427 g/mol. The third kappa shape index (κ3) is 3.36. The first-order chi connectivity index (χ1) is 14.9. The van der Waals surface area contributed by atoms with Crippen LogP contribution in [0.4, 0.5) is 5.69 Å². The number of rotatable bonds is 4. The van der Waals surface area contributed by atoms with Crippen LogP contribution in [0.3, 0.4) is 0 Å². The summed E-state index contributed by atoms with van der Waals surface area (Å²) < 4.78 is 0. The lowest BCUT2D eigenvalue weighted by Crippen LogP contribution is -2.51. The highest BCUT2D eigenvalue weighted by Crippen LogP contribution is 2.83. The Morgan fingerprint density at radius 1 is 1.10 bits per heavy atom. The Morgan fingerprint density at radius 3 is 2.58 bits per heavy atom. The van der Waals surface area contributed by atoms with Crippen molar-refractivity contribution in [1.82, 2.24) is 4.90 Å². The number of amides is 1. The molecule has 5 atom stereocenters. The fourth-order valence-corrected chi connectivity index (χ4v) is 7.10. The molecule has 1 amide bonds. The van der Waals surface area contributed by atoms with Gasteiger partial charge in [-0.2, -0.15) is 0 Å². The number of hydrogen-bond acceptors (Lipinski definition) is 2. The first-order valence-electron chi connectivity index (χ1n) is 11.5. The normalized spacial score (nSPS) is 33.1. The maximum Gasteiger partial charge on any atom is 0.223 e. The molecule has 2 unspecified atom stereocenters. The lowest BCUT2D eigenvalue weighted by molar-refractivity contribution is -0.133. The zero-order valence-corrected chi connectivity index (χ0v) is 19.4. The Morgan fingerprint density at radius 2 is 1.90 bits per heavy atom. The van der Waals surface area contributed by atoms with E-state index >= 15 is 0 Å². The van der Waals surface area contributed by atoms with Crippen LogP contribution >= 0.6 is 23.2 Å². The van der Waals surface area contributed by atoms with E-state index in [2.05, 4.69) is 41.0 Å². The number of carbonyl (C=O) groups is 1. The monoisotopic (exact) mass is 454 g/mol. The van der Waals surface area contributed by atoms with Crippen LogP contribution in [0.1, 0.15) is 42.9 Å². The van der Waals surface area contributed by atoms with Crippen LogP contribution in [0.15, 0.2) is 42.5 Å². The highest BCUT2D eigenvalue weighted by atomic mass is 35.5. The van der Waals surface area contributed by atoms with E-state index in [0.717, 1.165) is 52.6 Å². The maximum atomic E-state index is 13.3. The second-order valence-electron chi connectivity index (χ2n) is 10.2. The van der Waals surface area contributed by atoms with Gasteiger partial charge in [0.05, 0.1) is 16.8 Å². The number of anilines is 1. The van der Waals surface area contributed by atoms with Crippen molar-refractivity contribution in [3.05, 3.63) is 63.6 Å². The minimum Gasteiger partial charge on any atom is -0.360 e. The quantitative estimate of drug-likeness (QED) is 0.554. The highest BCUT2D eigenvalue weighted by Gasteiger charge is 2.76. The smallest absolute Gasteiger partial charge is 0.223 e. The molecule has 3 nitrogen and oxygen atoms in total. The minimum atomic E-state index is 0.0689. The summed E-state index contributed by atoms with van der Waals surface area (Å²) >= 11 is 12.8. The average molecular weight is 455 g/mol. The molecule has 31 heavy (non-hydrogen) atoms. The summed E-state index contributed by atoms with van der Waals surface area (Å²) in [6, 6.07) is 14.3. The van der Waals surface area contributed by atoms with Crippen molar-refractivity contribution in [2.45, 2.75) is 38.6 Å². The molecular formula is C26H28Cl2N2O. The molecule has 2 aromatic rings. The van der Waals surface area contributed by atoms with E-state index < -0.39 is 0 Å². The van der Waals surface area contributed by atoms with Crippen LogP contribution < -0.4 is 4.90 Å². The van der Waals surface area contributed by atoms with Gasteiger partial charge >= 0.3 is 0 Å². The molecule has 4 aliphatic rings. The van der Waals surface area contributed by atoms with Crippen LogP contribution in [0, 0.1) is 30.1 Å². The lowest BCUT2D eigenvalue weighted by Gasteiger charge is -2.43. The summed E-state index contributed by atoms with van der Waals surface area (Å²) in [5, 5.41) is 1.49.